The van der Waals surface area contributed by atoms with Gasteiger partial charge in [-0.2, -0.15) is 5.26 Å². The largest absolute Gasteiger partial charge is 0.455 e. The second-order valence-corrected chi connectivity index (χ2v) is 9.28. The van der Waals surface area contributed by atoms with Crippen molar-refractivity contribution < 1.29 is 17.2 Å². The fourth-order valence-corrected chi connectivity index (χ4v) is 5.04. The van der Waals surface area contributed by atoms with Crippen LogP contribution in [0.3, 0.4) is 0 Å². The Labute approximate surface area is 225 Å². The number of fused-ring (bicyclic) bond motifs is 3. The minimum absolute atomic E-state index is 0.0461. The summed E-state index contributed by atoms with van der Waals surface area (Å²) in [6, 6.07) is 27.8. The number of aromatic nitrogens is 1. The first-order valence-corrected chi connectivity index (χ1v) is 12.0. The van der Waals surface area contributed by atoms with Crippen LogP contribution in [0.1, 0.15) is 30.5 Å². The molecule has 3 nitrogen and oxygen atoms in total. The van der Waals surface area contributed by atoms with Gasteiger partial charge in [-0.25, -0.2) is 4.57 Å². The van der Waals surface area contributed by atoms with E-state index in [1.165, 1.54) is 0 Å². The van der Waals surface area contributed by atoms with Crippen molar-refractivity contribution in [3.05, 3.63) is 113 Å². The van der Waals surface area contributed by atoms with Crippen LogP contribution in [0.25, 0.3) is 55.4 Å². The van der Waals surface area contributed by atoms with E-state index in [4.69, 9.17) is 12.6 Å². The van der Waals surface area contributed by atoms with E-state index in [0.29, 0.717) is 33.6 Å². The molecule has 178 valence electrons. The van der Waals surface area contributed by atoms with Gasteiger partial charge in [0.2, 0.25) is 5.69 Å². The zero-order chi connectivity index (χ0) is 30.7. The summed E-state index contributed by atoms with van der Waals surface area (Å²) in [6.07, 6.45) is 1.56. The minimum atomic E-state index is -2.51. The number of rotatable bonds is 3. The van der Waals surface area contributed by atoms with E-state index in [1.54, 1.807) is 48.1 Å². The molecule has 0 N–H and O–H groups in total. The van der Waals surface area contributed by atoms with Crippen LogP contribution in [0.2, 0.25) is 0 Å². The number of nitrogens with zero attached hydrogens (tertiary/aromatic N) is 2. The lowest BCUT2D eigenvalue weighted by molar-refractivity contribution is -0.660. The van der Waals surface area contributed by atoms with E-state index < -0.39 is 13.7 Å². The number of pyridine rings is 1. The number of benzene rings is 4. The van der Waals surface area contributed by atoms with Crippen molar-refractivity contribution in [2.24, 2.45) is 7.05 Å². The molecule has 2 aromatic heterocycles. The van der Waals surface area contributed by atoms with Crippen LogP contribution < -0.4 is 4.57 Å². The normalized spacial score (nSPS) is 14.3. The van der Waals surface area contributed by atoms with Crippen molar-refractivity contribution in [1.29, 1.82) is 5.26 Å². The molecule has 6 rings (SSSR count). The van der Waals surface area contributed by atoms with Crippen LogP contribution in [0.4, 0.5) is 0 Å². The lowest BCUT2D eigenvalue weighted by atomic mass is 9.92. The van der Waals surface area contributed by atoms with Gasteiger partial charge in [-0.1, -0.05) is 60.7 Å². The second-order valence-electron chi connectivity index (χ2n) is 9.28. The topological polar surface area (TPSA) is 40.8 Å². The van der Waals surface area contributed by atoms with Gasteiger partial charge in [-0.3, -0.25) is 0 Å². The molecule has 3 heteroatoms. The van der Waals surface area contributed by atoms with E-state index in [-0.39, 0.29) is 11.1 Å². The molecule has 0 unspecified atom stereocenters. The zero-order valence-electron chi connectivity index (χ0n) is 26.5. The highest BCUT2D eigenvalue weighted by Gasteiger charge is 2.23. The summed E-state index contributed by atoms with van der Waals surface area (Å²) in [5.41, 5.74) is 6.33. The number of hydrogen-bond donors (Lipinski definition) is 0. The van der Waals surface area contributed by atoms with Crippen LogP contribution in [0.15, 0.2) is 95.5 Å². The van der Waals surface area contributed by atoms with E-state index in [0.717, 1.165) is 33.0 Å². The predicted molar refractivity (Wildman–Crippen MR) is 150 cm³/mol. The minimum Gasteiger partial charge on any atom is -0.455 e. The molecule has 0 saturated carbocycles. The fraction of sp³-hybridized carbons (Fsp3) is 0.118. The molecule has 0 atom stereocenters. The van der Waals surface area contributed by atoms with Crippen LogP contribution in [0, 0.1) is 32.0 Å². The van der Waals surface area contributed by atoms with Gasteiger partial charge in [-0.05, 0) is 72.2 Å². The summed E-state index contributed by atoms with van der Waals surface area (Å²) < 4.78 is 58.3. The van der Waals surface area contributed by atoms with Gasteiger partial charge in [-0.15, -0.1) is 0 Å². The smallest absolute Gasteiger partial charge is 0.216 e. The van der Waals surface area contributed by atoms with Crippen LogP contribution >= 0.6 is 0 Å². The van der Waals surface area contributed by atoms with Gasteiger partial charge >= 0.3 is 0 Å². The molecule has 0 bridgehead atoms. The fourth-order valence-electron chi connectivity index (χ4n) is 5.04. The lowest BCUT2D eigenvalue weighted by Crippen LogP contribution is -2.31. The zero-order valence-corrected chi connectivity index (χ0v) is 20.5. The predicted octanol–water partition coefficient (Wildman–Crippen LogP) is 8.21. The molecule has 0 amide bonds. The third-order valence-electron chi connectivity index (χ3n) is 6.93. The van der Waals surface area contributed by atoms with Gasteiger partial charge in [0.15, 0.2) is 6.20 Å². The Hall–Kier alpha value is -4.68. The summed E-state index contributed by atoms with van der Waals surface area (Å²) in [7, 11) is 1.77. The van der Waals surface area contributed by atoms with E-state index >= 15 is 0 Å². The van der Waals surface area contributed by atoms with Gasteiger partial charge in [0, 0.05) is 30.6 Å². The number of hydrogen-bond acceptors (Lipinski definition) is 2. The van der Waals surface area contributed by atoms with Crippen molar-refractivity contribution in [3.63, 3.8) is 0 Å². The van der Waals surface area contributed by atoms with Crippen molar-refractivity contribution >= 4 is 21.9 Å². The Bertz CT molecular complexity index is 2080. The SMILES string of the molecule is [2H]C([2H])([2H])c1cc(-c2ccccc2)ccc1-c1cc(-c2c(C)ccc3c2oc2cc(C#N)ccc23)[n+](C)cc1C([2H])([2H])[2H]. The summed E-state index contributed by atoms with van der Waals surface area (Å²) >= 11 is 0. The summed E-state index contributed by atoms with van der Waals surface area (Å²) in [4.78, 5) is 0. The third-order valence-corrected chi connectivity index (χ3v) is 6.93. The third kappa shape index (κ3) is 3.79. The van der Waals surface area contributed by atoms with Crippen molar-refractivity contribution in [3.8, 4) is 39.6 Å². The van der Waals surface area contributed by atoms with E-state index in [1.807, 2.05) is 61.5 Å². The van der Waals surface area contributed by atoms with Crippen LogP contribution in [-0.4, -0.2) is 0 Å². The summed E-state index contributed by atoms with van der Waals surface area (Å²) in [6.45, 7) is -3.07. The highest BCUT2D eigenvalue weighted by atomic mass is 16.3. The first kappa shape index (κ1) is 16.9. The Morgan fingerprint density at radius 2 is 1.59 bits per heavy atom. The maximum Gasteiger partial charge on any atom is 0.216 e. The van der Waals surface area contributed by atoms with Gasteiger partial charge < -0.3 is 4.42 Å². The molecule has 0 aliphatic carbocycles. The molecule has 0 spiro atoms. The molecule has 4 aromatic carbocycles. The summed E-state index contributed by atoms with van der Waals surface area (Å²) in [5.74, 6) is 0. The maximum atomic E-state index is 9.40. The average Bonchev–Trinajstić information content (AvgIpc) is 3.34. The highest BCUT2D eigenvalue weighted by Crippen LogP contribution is 2.39. The molecule has 0 aliphatic rings. The summed E-state index contributed by atoms with van der Waals surface area (Å²) in [5, 5.41) is 11.1. The number of aryl methyl sites for hydroxylation is 4. The molecule has 2 heterocycles. The van der Waals surface area contributed by atoms with Gasteiger partial charge in [0.1, 0.15) is 18.2 Å². The molecular weight excluding hydrogens is 452 g/mol. The number of furan rings is 1. The first-order chi connectivity index (χ1) is 20.4. The van der Waals surface area contributed by atoms with Gasteiger partial charge in [0.05, 0.1) is 17.2 Å². The Morgan fingerprint density at radius 1 is 0.784 bits per heavy atom. The second kappa shape index (κ2) is 8.76. The average molecular weight is 486 g/mol. The molecule has 0 radical (unpaired) electrons. The van der Waals surface area contributed by atoms with Crippen LogP contribution in [-0.2, 0) is 7.05 Å². The Morgan fingerprint density at radius 3 is 2.38 bits per heavy atom. The van der Waals surface area contributed by atoms with E-state index in [2.05, 4.69) is 6.07 Å². The van der Waals surface area contributed by atoms with Crippen LogP contribution in [0.5, 0.6) is 0 Å². The molecule has 37 heavy (non-hydrogen) atoms. The highest BCUT2D eigenvalue weighted by molar-refractivity contribution is 6.10. The molecule has 6 aromatic rings. The van der Waals surface area contributed by atoms with Crippen molar-refractivity contribution in [2.45, 2.75) is 20.6 Å². The molecular formula is C34H27N2O+. The first-order valence-electron chi connectivity index (χ1n) is 15.0. The lowest BCUT2D eigenvalue weighted by Gasteiger charge is -2.13. The maximum absolute atomic E-state index is 9.40. The molecule has 0 fully saturated rings. The van der Waals surface area contributed by atoms with Crippen molar-refractivity contribution in [2.75, 3.05) is 0 Å². The number of nitriles is 1. The Balaban J connectivity index is 1.66. The molecule has 0 saturated heterocycles. The van der Waals surface area contributed by atoms with Gasteiger partial charge in [0.25, 0.3) is 0 Å². The molecule has 0 aliphatic heterocycles. The monoisotopic (exact) mass is 485 g/mol. The van der Waals surface area contributed by atoms with Crippen molar-refractivity contribution in [1.82, 2.24) is 0 Å². The standard InChI is InChI=1S/C34H27N2O/c1-21-10-13-29-28-14-11-24(19-35)17-32(28)37-34(29)33(21)31-18-30(23(3)20-36(31)4)27-15-12-26(16-22(27)2)25-8-6-5-7-9-25/h5-18,20H,1-4H3/q+1/i2D3,3D3. The quantitative estimate of drug-likeness (QED) is 0.237. The van der Waals surface area contributed by atoms with E-state index in [9.17, 15) is 5.26 Å². The Kier molecular flexibility index (Phi) is 4.00.